The van der Waals surface area contributed by atoms with Gasteiger partial charge in [0, 0.05) is 18.1 Å². The summed E-state index contributed by atoms with van der Waals surface area (Å²) in [7, 11) is 1.84. The van der Waals surface area contributed by atoms with Crippen LogP contribution in [0.5, 0.6) is 0 Å². The molecule has 0 saturated heterocycles. The van der Waals surface area contributed by atoms with Gasteiger partial charge in [0.1, 0.15) is 0 Å². The first-order valence-electron chi connectivity index (χ1n) is 5.01. The molecule has 0 saturated carbocycles. The first-order valence-corrected chi connectivity index (χ1v) is 5.39. The number of fused-ring (bicyclic) bond motifs is 1. The molecule has 2 aromatic rings. The Morgan fingerprint density at radius 3 is 3.06 bits per heavy atom. The van der Waals surface area contributed by atoms with Crippen molar-refractivity contribution >= 4 is 22.5 Å². The number of benzene rings is 1. The quantitative estimate of drug-likeness (QED) is 0.875. The molecule has 0 aliphatic carbocycles. The van der Waals surface area contributed by atoms with Crippen LogP contribution in [0.4, 0.5) is 0 Å². The van der Waals surface area contributed by atoms with E-state index in [1.54, 1.807) is 29.1 Å². The van der Waals surface area contributed by atoms with Gasteiger partial charge in [-0.3, -0.25) is 9.36 Å². The standard InChI is InChI=1S/C11H12ClN3O/c1-13-4-5-15-7-14-10-3-2-8(12)6-9(10)11(15)16/h2-3,6-7,13H,4-5H2,1H3. The lowest BCUT2D eigenvalue weighted by Crippen LogP contribution is -2.25. The number of aromatic nitrogens is 2. The highest BCUT2D eigenvalue weighted by atomic mass is 35.5. The molecule has 2 rings (SSSR count). The predicted octanol–water partition coefficient (Wildman–Crippen LogP) is 1.27. The van der Waals surface area contributed by atoms with Crippen molar-refractivity contribution in [3.05, 3.63) is 39.9 Å². The van der Waals surface area contributed by atoms with Crippen molar-refractivity contribution in [2.45, 2.75) is 6.54 Å². The van der Waals surface area contributed by atoms with E-state index in [1.807, 2.05) is 7.05 Å². The second-order valence-corrected chi connectivity index (χ2v) is 3.94. The molecule has 0 aliphatic rings. The molecular formula is C11H12ClN3O. The lowest BCUT2D eigenvalue weighted by atomic mass is 10.2. The number of hydrogen-bond donors (Lipinski definition) is 1. The third kappa shape index (κ3) is 2.08. The molecule has 1 N–H and O–H groups in total. The average molecular weight is 238 g/mol. The third-order valence-electron chi connectivity index (χ3n) is 2.39. The van der Waals surface area contributed by atoms with Crippen LogP contribution in [0.2, 0.25) is 5.02 Å². The molecule has 0 unspecified atom stereocenters. The fraction of sp³-hybridized carbons (Fsp3) is 0.273. The van der Waals surface area contributed by atoms with Gasteiger partial charge in [0.25, 0.3) is 5.56 Å². The van der Waals surface area contributed by atoms with E-state index in [1.165, 1.54) is 0 Å². The monoisotopic (exact) mass is 237 g/mol. The zero-order valence-electron chi connectivity index (χ0n) is 8.90. The van der Waals surface area contributed by atoms with E-state index in [2.05, 4.69) is 10.3 Å². The summed E-state index contributed by atoms with van der Waals surface area (Å²) < 4.78 is 1.58. The normalized spacial score (nSPS) is 10.9. The van der Waals surface area contributed by atoms with Crippen LogP contribution >= 0.6 is 11.6 Å². The molecule has 1 aromatic carbocycles. The SMILES string of the molecule is CNCCn1cnc2ccc(Cl)cc2c1=O. The zero-order chi connectivity index (χ0) is 11.5. The Hall–Kier alpha value is -1.39. The molecule has 4 nitrogen and oxygen atoms in total. The second-order valence-electron chi connectivity index (χ2n) is 3.51. The highest BCUT2D eigenvalue weighted by Gasteiger charge is 2.03. The molecule has 0 bridgehead atoms. The van der Waals surface area contributed by atoms with E-state index in [0.717, 1.165) is 6.54 Å². The Labute approximate surface area is 97.9 Å². The van der Waals surface area contributed by atoms with Gasteiger partial charge < -0.3 is 5.32 Å². The number of hydrogen-bond acceptors (Lipinski definition) is 3. The average Bonchev–Trinajstić information content (AvgIpc) is 2.29. The first kappa shape index (κ1) is 11.1. The summed E-state index contributed by atoms with van der Waals surface area (Å²) in [5, 5.41) is 4.10. The number of rotatable bonds is 3. The maximum absolute atomic E-state index is 12.0. The largest absolute Gasteiger partial charge is 0.318 e. The Bertz CT molecular complexity index is 565. The number of halogens is 1. The molecule has 0 radical (unpaired) electrons. The molecule has 16 heavy (non-hydrogen) atoms. The Morgan fingerprint density at radius 1 is 1.50 bits per heavy atom. The lowest BCUT2D eigenvalue weighted by Gasteiger charge is -2.05. The molecule has 0 spiro atoms. The minimum Gasteiger partial charge on any atom is -0.318 e. The topological polar surface area (TPSA) is 46.9 Å². The highest BCUT2D eigenvalue weighted by molar-refractivity contribution is 6.31. The predicted molar refractivity (Wildman–Crippen MR) is 64.9 cm³/mol. The molecule has 1 aromatic heterocycles. The van der Waals surface area contributed by atoms with Crippen LogP contribution in [0.25, 0.3) is 10.9 Å². The first-order chi connectivity index (χ1) is 7.72. The van der Waals surface area contributed by atoms with E-state index in [4.69, 9.17) is 11.6 Å². The second kappa shape index (κ2) is 4.63. The van der Waals surface area contributed by atoms with Gasteiger partial charge in [-0.1, -0.05) is 11.6 Å². The number of likely N-dealkylation sites (N-methyl/N-ethyl adjacent to an activating group) is 1. The summed E-state index contributed by atoms with van der Waals surface area (Å²) >= 11 is 5.86. The van der Waals surface area contributed by atoms with Gasteiger partial charge in [-0.05, 0) is 25.2 Å². The lowest BCUT2D eigenvalue weighted by molar-refractivity contribution is 0.621. The minimum atomic E-state index is -0.0530. The molecule has 0 fully saturated rings. The van der Waals surface area contributed by atoms with Crippen LogP contribution in [0.1, 0.15) is 0 Å². The molecule has 5 heteroatoms. The van der Waals surface area contributed by atoms with Crippen LogP contribution in [-0.4, -0.2) is 23.1 Å². The van der Waals surface area contributed by atoms with E-state index in [0.29, 0.717) is 22.5 Å². The van der Waals surface area contributed by atoms with E-state index >= 15 is 0 Å². The van der Waals surface area contributed by atoms with Crippen LogP contribution in [0.3, 0.4) is 0 Å². The Balaban J connectivity index is 2.55. The molecule has 0 amide bonds. The molecule has 0 aliphatic heterocycles. The smallest absolute Gasteiger partial charge is 0.261 e. The van der Waals surface area contributed by atoms with E-state index < -0.39 is 0 Å². The Morgan fingerprint density at radius 2 is 2.31 bits per heavy atom. The van der Waals surface area contributed by atoms with Gasteiger partial charge >= 0.3 is 0 Å². The van der Waals surface area contributed by atoms with Crippen molar-refractivity contribution in [2.24, 2.45) is 0 Å². The van der Waals surface area contributed by atoms with Gasteiger partial charge in [0.2, 0.25) is 0 Å². The summed E-state index contributed by atoms with van der Waals surface area (Å²) in [6.07, 6.45) is 1.57. The zero-order valence-corrected chi connectivity index (χ0v) is 9.66. The maximum atomic E-state index is 12.0. The summed E-state index contributed by atoms with van der Waals surface area (Å²) in [5.74, 6) is 0. The molecule has 84 valence electrons. The summed E-state index contributed by atoms with van der Waals surface area (Å²) in [6.45, 7) is 1.33. The van der Waals surface area contributed by atoms with Gasteiger partial charge in [0.05, 0.1) is 17.2 Å². The van der Waals surface area contributed by atoms with Gasteiger partial charge in [-0.15, -0.1) is 0 Å². The van der Waals surface area contributed by atoms with Crippen LogP contribution in [-0.2, 0) is 6.54 Å². The number of nitrogens with zero attached hydrogens (tertiary/aromatic N) is 2. The van der Waals surface area contributed by atoms with E-state index in [9.17, 15) is 4.79 Å². The third-order valence-corrected chi connectivity index (χ3v) is 2.62. The maximum Gasteiger partial charge on any atom is 0.261 e. The van der Waals surface area contributed by atoms with E-state index in [-0.39, 0.29) is 5.56 Å². The molecule has 0 atom stereocenters. The molecule has 1 heterocycles. The van der Waals surface area contributed by atoms with Crippen LogP contribution in [0, 0.1) is 0 Å². The minimum absolute atomic E-state index is 0.0530. The summed E-state index contributed by atoms with van der Waals surface area (Å²) in [5.41, 5.74) is 0.623. The van der Waals surface area contributed by atoms with Crippen molar-refractivity contribution in [3.8, 4) is 0 Å². The van der Waals surface area contributed by atoms with Gasteiger partial charge in [-0.2, -0.15) is 0 Å². The number of nitrogens with one attached hydrogen (secondary N) is 1. The van der Waals surface area contributed by atoms with Crippen molar-refractivity contribution in [2.75, 3.05) is 13.6 Å². The van der Waals surface area contributed by atoms with Crippen molar-refractivity contribution in [1.29, 1.82) is 0 Å². The fourth-order valence-corrected chi connectivity index (χ4v) is 1.69. The van der Waals surface area contributed by atoms with Crippen LogP contribution < -0.4 is 10.9 Å². The highest BCUT2D eigenvalue weighted by Crippen LogP contribution is 2.13. The summed E-state index contributed by atoms with van der Waals surface area (Å²) in [4.78, 5) is 16.2. The Kier molecular flexibility index (Phi) is 3.22. The van der Waals surface area contributed by atoms with Gasteiger partial charge in [-0.25, -0.2) is 4.98 Å². The fourth-order valence-electron chi connectivity index (χ4n) is 1.52. The van der Waals surface area contributed by atoms with Crippen molar-refractivity contribution in [3.63, 3.8) is 0 Å². The summed E-state index contributed by atoms with van der Waals surface area (Å²) in [6, 6.07) is 5.14. The van der Waals surface area contributed by atoms with Crippen molar-refractivity contribution in [1.82, 2.24) is 14.9 Å². The molecular weight excluding hydrogens is 226 g/mol. The van der Waals surface area contributed by atoms with Crippen LogP contribution in [0.15, 0.2) is 29.3 Å². The van der Waals surface area contributed by atoms with Gasteiger partial charge in [0.15, 0.2) is 0 Å². The van der Waals surface area contributed by atoms with Crippen molar-refractivity contribution < 1.29 is 0 Å².